The van der Waals surface area contributed by atoms with Gasteiger partial charge in [-0.05, 0) is 56.9 Å². The Labute approximate surface area is 110 Å². The normalized spacial score (nSPS) is 28.5. The summed E-state index contributed by atoms with van der Waals surface area (Å²) in [5, 5.41) is 8.61. The third-order valence-electron chi connectivity index (χ3n) is 3.97. The smallest absolute Gasteiger partial charge is 0.0827 e. The average molecular weight is 250 g/mol. The Balaban J connectivity index is 1.92. The minimum Gasteiger partial charge on any atom is -0.330 e. The second-order valence-corrected chi connectivity index (χ2v) is 6.01. The minimum absolute atomic E-state index is 0.555. The van der Waals surface area contributed by atoms with Crippen molar-refractivity contribution in [1.29, 1.82) is 0 Å². The van der Waals surface area contributed by atoms with E-state index >= 15 is 0 Å². The number of aryl methyl sites for hydroxylation is 1. The van der Waals surface area contributed by atoms with Gasteiger partial charge >= 0.3 is 0 Å². The van der Waals surface area contributed by atoms with Gasteiger partial charge in [0.15, 0.2) is 0 Å². The summed E-state index contributed by atoms with van der Waals surface area (Å²) in [7, 11) is 0. The second kappa shape index (κ2) is 6.32. The Kier molecular flexibility index (Phi) is 4.75. The van der Waals surface area contributed by atoms with E-state index in [0.29, 0.717) is 6.04 Å². The molecule has 1 fully saturated rings. The maximum Gasteiger partial charge on any atom is 0.0827 e. The highest BCUT2D eigenvalue weighted by molar-refractivity contribution is 4.94. The maximum absolute atomic E-state index is 5.50. The van der Waals surface area contributed by atoms with Crippen molar-refractivity contribution in [3.05, 3.63) is 11.9 Å². The predicted octanol–water partition coefficient (Wildman–Crippen LogP) is 2.56. The number of hydrogen-bond acceptors (Lipinski definition) is 3. The van der Waals surface area contributed by atoms with Crippen molar-refractivity contribution < 1.29 is 0 Å². The van der Waals surface area contributed by atoms with E-state index in [-0.39, 0.29) is 0 Å². The lowest BCUT2D eigenvalue weighted by Gasteiger charge is -2.31. The van der Waals surface area contributed by atoms with Crippen LogP contribution in [0.4, 0.5) is 0 Å². The Bertz CT molecular complexity index is 350. The molecule has 1 aromatic rings. The summed E-state index contributed by atoms with van der Waals surface area (Å²) in [6.45, 7) is 5.47. The van der Waals surface area contributed by atoms with E-state index in [1.165, 1.54) is 19.3 Å². The van der Waals surface area contributed by atoms with Crippen LogP contribution in [0.15, 0.2) is 6.20 Å². The van der Waals surface area contributed by atoms with Gasteiger partial charge < -0.3 is 5.73 Å². The largest absolute Gasteiger partial charge is 0.330 e. The summed E-state index contributed by atoms with van der Waals surface area (Å²) in [6.07, 6.45) is 9.19. The van der Waals surface area contributed by atoms with Gasteiger partial charge in [-0.15, -0.1) is 5.10 Å². The van der Waals surface area contributed by atoms with Gasteiger partial charge in [0.25, 0.3) is 0 Å². The molecule has 4 nitrogen and oxygen atoms in total. The van der Waals surface area contributed by atoms with E-state index in [0.717, 1.165) is 43.3 Å². The molecule has 0 spiro atoms. The van der Waals surface area contributed by atoms with Crippen LogP contribution >= 0.6 is 0 Å². The summed E-state index contributed by atoms with van der Waals surface area (Å²) >= 11 is 0. The van der Waals surface area contributed by atoms with E-state index in [2.05, 4.69) is 35.0 Å². The SMILES string of the molecule is CC1CC(C)CC(n2cc(CCCCN)nn2)C1. The van der Waals surface area contributed by atoms with Gasteiger partial charge in [-0.25, -0.2) is 4.68 Å². The summed E-state index contributed by atoms with van der Waals surface area (Å²) in [5.41, 5.74) is 6.62. The van der Waals surface area contributed by atoms with Gasteiger partial charge in [-0.2, -0.15) is 0 Å². The molecule has 102 valence electrons. The van der Waals surface area contributed by atoms with Crippen molar-refractivity contribution >= 4 is 0 Å². The zero-order chi connectivity index (χ0) is 13.0. The highest BCUT2D eigenvalue weighted by Gasteiger charge is 2.25. The third kappa shape index (κ3) is 3.55. The van der Waals surface area contributed by atoms with Crippen molar-refractivity contribution in [2.24, 2.45) is 17.6 Å². The standard InChI is InChI=1S/C14H26N4/c1-11-7-12(2)9-14(8-11)18-10-13(16-17-18)5-3-4-6-15/h10-12,14H,3-9,15H2,1-2H3. The predicted molar refractivity (Wildman–Crippen MR) is 73.2 cm³/mol. The summed E-state index contributed by atoms with van der Waals surface area (Å²) < 4.78 is 2.10. The first-order valence-electron chi connectivity index (χ1n) is 7.29. The molecule has 0 aromatic carbocycles. The Morgan fingerprint density at radius 3 is 2.61 bits per heavy atom. The lowest BCUT2D eigenvalue weighted by molar-refractivity contribution is 0.208. The molecule has 0 aliphatic heterocycles. The van der Waals surface area contributed by atoms with Gasteiger partial charge in [-0.3, -0.25) is 0 Å². The molecular formula is C14H26N4. The van der Waals surface area contributed by atoms with Gasteiger partial charge in [0, 0.05) is 6.20 Å². The molecule has 0 bridgehead atoms. The molecule has 1 saturated carbocycles. The van der Waals surface area contributed by atoms with Crippen molar-refractivity contribution in [3.63, 3.8) is 0 Å². The van der Waals surface area contributed by atoms with Crippen molar-refractivity contribution in [3.8, 4) is 0 Å². The van der Waals surface area contributed by atoms with Crippen molar-refractivity contribution in [1.82, 2.24) is 15.0 Å². The molecule has 18 heavy (non-hydrogen) atoms. The monoisotopic (exact) mass is 250 g/mol. The number of nitrogens with two attached hydrogens (primary N) is 1. The number of hydrogen-bond donors (Lipinski definition) is 1. The fraction of sp³-hybridized carbons (Fsp3) is 0.857. The van der Waals surface area contributed by atoms with Crippen LogP contribution in [0.1, 0.15) is 57.7 Å². The molecular weight excluding hydrogens is 224 g/mol. The van der Waals surface area contributed by atoms with Crippen LogP contribution in [0, 0.1) is 11.8 Å². The maximum atomic E-state index is 5.50. The van der Waals surface area contributed by atoms with E-state index in [4.69, 9.17) is 5.73 Å². The molecule has 1 heterocycles. The van der Waals surface area contributed by atoms with Crippen LogP contribution in [0.5, 0.6) is 0 Å². The van der Waals surface area contributed by atoms with E-state index < -0.39 is 0 Å². The van der Waals surface area contributed by atoms with E-state index in [1.807, 2.05) is 0 Å². The molecule has 0 amide bonds. The molecule has 2 atom stereocenters. The molecule has 4 heteroatoms. The zero-order valence-corrected chi connectivity index (χ0v) is 11.7. The van der Waals surface area contributed by atoms with Crippen LogP contribution < -0.4 is 5.73 Å². The number of rotatable bonds is 5. The Hall–Kier alpha value is -0.900. The van der Waals surface area contributed by atoms with Crippen LogP contribution in [0.2, 0.25) is 0 Å². The first kappa shape index (κ1) is 13.5. The van der Waals surface area contributed by atoms with Gasteiger partial charge in [0.2, 0.25) is 0 Å². The minimum atomic E-state index is 0.555. The average Bonchev–Trinajstić information content (AvgIpc) is 2.77. The zero-order valence-electron chi connectivity index (χ0n) is 11.7. The number of unbranched alkanes of at least 4 members (excludes halogenated alkanes) is 1. The highest BCUT2D eigenvalue weighted by atomic mass is 15.4. The quantitative estimate of drug-likeness (QED) is 0.817. The summed E-state index contributed by atoms with van der Waals surface area (Å²) in [5.74, 6) is 1.62. The van der Waals surface area contributed by atoms with E-state index in [1.54, 1.807) is 0 Å². The lowest BCUT2D eigenvalue weighted by Crippen LogP contribution is -2.23. The van der Waals surface area contributed by atoms with Crippen LogP contribution in [-0.2, 0) is 6.42 Å². The number of aromatic nitrogens is 3. The second-order valence-electron chi connectivity index (χ2n) is 6.01. The van der Waals surface area contributed by atoms with Crippen molar-refractivity contribution in [2.75, 3.05) is 6.54 Å². The van der Waals surface area contributed by atoms with Gasteiger partial charge in [0.05, 0.1) is 11.7 Å². The highest BCUT2D eigenvalue weighted by Crippen LogP contribution is 2.35. The van der Waals surface area contributed by atoms with Gasteiger partial charge in [-0.1, -0.05) is 19.1 Å². The van der Waals surface area contributed by atoms with Crippen molar-refractivity contribution in [2.45, 2.75) is 58.4 Å². The fourth-order valence-electron chi connectivity index (χ4n) is 3.18. The van der Waals surface area contributed by atoms with E-state index in [9.17, 15) is 0 Å². The Morgan fingerprint density at radius 2 is 1.94 bits per heavy atom. The number of nitrogens with zero attached hydrogens (tertiary/aromatic N) is 3. The lowest BCUT2D eigenvalue weighted by atomic mass is 9.80. The molecule has 0 radical (unpaired) electrons. The summed E-state index contributed by atoms with van der Waals surface area (Å²) in [4.78, 5) is 0. The first-order chi connectivity index (χ1) is 8.69. The van der Waals surface area contributed by atoms with Crippen LogP contribution in [0.25, 0.3) is 0 Å². The molecule has 2 unspecified atom stereocenters. The molecule has 2 rings (SSSR count). The molecule has 1 aliphatic carbocycles. The van der Waals surface area contributed by atoms with Gasteiger partial charge in [0.1, 0.15) is 0 Å². The molecule has 0 saturated heterocycles. The fourth-order valence-corrected chi connectivity index (χ4v) is 3.18. The summed E-state index contributed by atoms with van der Waals surface area (Å²) in [6, 6.07) is 0.555. The molecule has 2 N–H and O–H groups in total. The van der Waals surface area contributed by atoms with Crippen LogP contribution in [-0.4, -0.2) is 21.5 Å². The topological polar surface area (TPSA) is 56.7 Å². The molecule has 1 aliphatic rings. The Morgan fingerprint density at radius 1 is 1.22 bits per heavy atom. The first-order valence-corrected chi connectivity index (χ1v) is 7.29. The molecule has 1 aromatic heterocycles. The third-order valence-corrected chi connectivity index (χ3v) is 3.97. The van der Waals surface area contributed by atoms with Crippen LogP contribution in [0.3, 0.4) is 0 Å².